The molecule has 1 aromatic heterocycles. The van der Waals surface area contributed by atoms with E-state index in [-0.39, 0.29) is 18.4 Å². The average Bonchev–Trinajstić information content (AvgIpc) is 3.48. The number of rotatable bonds is 5. The maximum Gasteiger partial charge on any atom is 0.420 e. The van der Waals surface area contributed by atoms with Gasteiger partial charge >= 0.3 is 5.76 Å². The van der Waals surface area contributed by atoms with Crippen molar-refractivity contribution < 1.29 is 14.0 Å². The van der Waals surface area contributed by atoms with Crippen molar-refractivity contribution in [3.05, 3.63) is 70.2 Å². The van der Waals surface area contributed by atoms with Gasteiger partial charge in [-0.2, -0.15) is 0 Å². The predicted octanol–water partition coefficient (Wildman–Crippen LogP) is 3.31. The fourth-order valence-corrected chi connectivity index (χ4v) is 5.00. The number of carbonyl (C=O) groups is 2. The zero-order valence-corrected chi connectivity index (χ0v) is 18.7. The number of benzene rings is 2. The number of aromatic nitrogens is 1. The lowest BCUT2D eigenvalue weighted by Gasteiger charge is -2.32. The first-order chi connectivity index (χ1) is 16.1. The third kappa shape index (κ3) is 4.58. The molecule has 2 amide bonds. The van der Waals surface area contributed by atoms with Gasteiger partial charge in [-0.1, -0.05) is 24.3 Å². The molecule has 7 heteroatoms. The molecule has 2 saturated heterocycles. The van der Waals surface area contributed by atoms with Gasteiger partial charge in [-0.15, -0.1) is 0 Å². The van der Waals surface area contributed by atoms with Gasteiger partial charge in [0, 0.05) is 31.7 Å². The predicted molar refractivity (Wildman–Crippen MR) is 125 cm³/mol. The van der Waals surface area contributed by atoms with Crippen molar-refractivity contribution in [2.24, 2.45) is 5.92 Å². The molecule has 0 spiro atoms. The topological polar surface area (TPSA) is 75.8 Å². The normalized spacial score (nSPS) is 17.1. The van der Waals surface area contributed by atoms with Crippen molar-refractivity contribution >= 4 is 22.9 Å². The highest BCUT2D eigenvalue weighted by Gasteiger charge is 2.25. The van der Waals surface area contributed by atoms with Gasteiger partial charge in [0.05, 0.1) is 5.52 Å². The summed E-state index contributed by atoms with van der Waals surface area (Å²) in [5.41, 5.74) is 3.15. The van der Waals surface area contributed by atoms with Crippen LogP contribution in [0.25, 0.3) is 11.1 Å². The standard InChI is InChI=1S/C26H29N3O4/c30-24(18-29-22-5-1-2-6-23(22)33-26(29)32)27-15-11-20(12-16-27)17-19-7-9-21(10-8-19)25(31)28-13-3-4-14-28/h1-2,5-10,20H,3-4,11-18H2. The smallest absolute Gasteiger partial charge is 0.408 e. The van der Waals surface area contributed by atoms with Crippen LogP contribution in [0.3, 0.4) is 0 Å². The molecule has 2 aliphatic heterocycles. The van der Waals surface area contributed by atoms with E-state index in [0.717, 1.165) is 50.8 Å². The maximum atomic E-state index is 12.8. The summed E-state index contributed by atoms with van der Waals surface area (Å²) >= 11 is 0. The van der Waals surface area contributed by atoms with Crippen molar-refractivity contribution in [1.29, 1.82) is 0 Å². The largest absolute Gasteiger partial charge is 0.420 e. The van der Waals surface area contributed by atoms with E-state index in [4.69, 9.17) is 4.42 Å². The Morgan fingerprint density at radius 3 is 2.30 bits per heavy atom. The summed E-state index contributed by atoms with van der Waals surface area (Å²) in [7, 11) is 0. The maximum absolute atomic E-state index is 12.8. The summed E-state index contributed by atoms with van der Waals surface area (Å²) in [4.78, 5) is 41.3. The van der Waals surface area contributed by atoms with Crippen LogP contribution in [0.1, 0.15) is 41.6 Å². The molecule has 0 unspecified atom stereocenters. The molecule has 0 radical (unpaired) electrons. The number of piperidine rings is 1. The second kappa shape index (κ2) is 9.25. The molecule has 0 aliphatic carbocycles. The quantitative estimate of drug-likeness (QED) is 0.601. The number of carbonyl (C=O) groups excluding carboxylic acids is 2. The molecule has 2 aromatic carbocycles. The van der Waals surface area contributed by atoms with E-state index in [1.54, 1.807) is 18.2 Å². The van der Waals surface area contributed by atoms with Gasteiger partial charge in [0.2, 0.25) is 5.91 Å². The van der Waals surface area contributed by atoms with Crippen LogP contribution in [-0.4, -0.2) is 52.4 Å². The van der Waals surface area contributed by atoms with E-state index >= 15 is 0 Å². The number of para-hydroxylation sites is 2. The van der Waals surface area contributed by atoms with Crippen LogP contribution in [0.4, 0.5) is 0 Å². The number of hydrogen-bond donors (Lipinski definition) is 0. The minimum atomic E-state index is -0.494. The molecule has 0 atom stereocenters. The lowest BCUT2D eigenvalue weighted by molar-refractivity contribution is -0.133. The second-order valence-corrected chi connectivity index (χ2v) is 9.15. The van der Waals surface area contributed by atoms with Crippen molar-refractivity contribution in [2.75, 3.05) is 26.2 Å². The Morgan fingerprint density at radius 1 is 0.879 bits per heavy atom. The van der Waals surface area contributed by atoms with E-state index in [0.29, 0.717) is 30.1 Å². The minimum Gasteiger partial charge on any atom is -0.408 e. The van der Waals surface area contributed by atoms with Gasteiger partial charge in [0.1, 0.15) is 6.54 Å². The molecule has 0 bridgehead atoms. The molecule has 3 aromatic rings. The fraction of sp³-hybridized carbons (Fsp3) is 0.423. The van der Waals surface area contributed by atoms with Crippen molar-refractivity contribution in [1.82, 2.24) is 14.4 Å². The van der Waals surface area contributed by atoms with Crippen LogP contribution >= 0.6 is 0 Å². The van der Waals surface area contributed by atoms with Crippen molar-refractivity contribution in [3.63, 3.8) is 0 Å². The van der Waals surface area contributed by atoms with Gasteiger partial charge in [-0.3, -0.25) is 14.2 Å². The molecule has 172 valence electrons. The van der Waals surface area contributed by atoms with Gasteiger partial charge in [0.15, 0.2) is 5.58 Å². The van der Waals surface area contributed by atoms with Crippen LogP contribution in [0.2, 0.25) is 0 Å². The van der Waals surface area contributed by atoms with E-state index in [2.05, 4.69) is 12.1 Å². The van der Waals surface area contributed by atoms with Gasteiger partial charge in [0.25, 0.3) is 5.91 Å². The molecule has 3 heterocycles. The van der Waals surface area contributed by atoms with Crippen LogP contribution in [0.5, 0.6) is 0 Å². The first-order valence-corrected chi connectivity index (χ1v) is 11.8. The Kier molecular flexibility index (Phi) is 6.03. The molecule has 2 aliphatic rings. The summed E-state index contributed by atoms with van der Waals surface area (Å²) in [5, 5.41) is 0. The highest BCUT2D eigenvalue weighted by atomic mass is 16.4. The van der Waals surface area contributed by atoms with Crippen molar-refractivity contribution in [2.45, 2.75) is 38.6 Å². The Labute approximate surface area is 192 Å². The third-order valence-electron chi connectivity index (χ3n) is 6.95. The Morgan fingerprint density at radius 2 is 1.58 bits per heavy atom. The Hall–Kier alpha value is -3.35. The number of likely N-dealkylation sites (tertiary alicyclic amines) is 2. The van der Waals surface area contributed by atoms with Crippen LogP contribution in [-0.2, 0) is 17.8 Å². The summed E-state index contributed by atoms with van der Waals surface area (Å²) in [5.74, 6) is 0.0972. The summed E-state index contributed by atoms with van der Waals surface area (Å²) in [6, 6.07) is 15.2. The number of oxazole rings is 1. The summed E-state index contributed by atoms with van der Waals surface area (Å²) in [6.45, 7) is 3.12. The number of amides is 2. The minimum absolute atomic E-state index is 0.00697. The van der Waals surface area contributed by atoms with Gasteiger partial charge in [-0.25, -0.2) is 4.79 Å². The molecular weight excluding hydrogens is 418 g/mol. The van der Waals surface area contributed by atoms with Crippen molar-refractivity contribution in [3.8, 4) is 0 Å². The monoisotopic (exact) mass is 447 g/mol. The van der Waals surface area contributed by atoms with E-state index < -0.39 is 5.76 Å². The van der Waals surface area contributed by atoms with Crippen LogP contribution < -0.4 is 5.76 Å². The summed E-state index contributed by atoms with van der Waals surface area (Å²) < 4.78 is 6.65. The fourth-order valence-electron chi connectivity index (χ4n) is 5.00. The zero-order valence-electron chi connectivity index (χ0n) is 18.7. The number of nitrogens with zero attached hydrogens (tertiary/aromatic N) is 3. The Balaban J connectivity index is 1.14. The van der Waals surface area contributed by atoms with E-state index in [9.17, 15) is 14.4 Å². The van der Waals surface area contributed by atoms with E-state index in [1.807, 2.05) is 28.0 Å². The first kappa shape index (κ1) is 21.5. The molecule has 0 saturated carbocycles. The van der Waals surface area contributed by atoms with Gasteiger partial charge < -0.3 is 14.2 Å². The Bertz CT molecular complexity index is 1200. The zero-order chi connectivity index (χ0) is 22.8. The van der Waals surface area contributed by atoms with Crippen LogP contribution in [0, 0.1) is 5.92 Å². The lowest BCUT2D eigenvalue weighted by atomic mass is 9.90. The average molecular weight is 448 g/mol. The van der Waals surface area contributed by atoms with Gasteiger partial charge in [-0.05, 0) is 67.9 Å². The molecule has 5 rings (SSSR count). The first-order valence-electron chi connectivity index (χ1n) is 11.8. The molecular formula is C26H29N3O4. The highest BCUT2D eigenvalue weighted by molar-refractivity contribution is 5.94. The highest BCUT2D eigenvalue weighted by Crippen LogP contribution is 2.23. The number of fused-ring (bicyclic) bond motifs is 1. The van der Waals surface area contributed by atoms with E-state index in [1.165, 1.54) is 10.1 Å². The molecule has 2 fully saturated rings. The summed E-state index contributed by atoms with van der Waals surface area (Å²) in [6.07, 6.45) is 5.01. The molecule has 33 heavy (non-hydrogen) atoms. The SMILES string of the molecule is O=C(Cn1c(=O)oc2ccccc21)N1CCC(Cc2ccc(C(=O)N3CCCC3)cc2)CC1. The molecule has 7 nitrogen and oxygen atoms in total. The molecule has 0 N–H and O–H groups in total. The third-order valence-corrected chi connectivity index (χ3v) is 6.95. The number of hydrogen-bond acceptors (Lipinski definition) is 4. The lowest BCUT2D eigenvalue weighted by Crippen LogP contribution is -2.41. The van der Waals surface area contributed by atoms with Crippen LogP contribution in [0.15, 0.2) is 57.7 Å². The second-order valence-electron chi connectivity index (χ2n) is 9.15.